The number of benzene rings is 1. The van der Waals surface area contributed by atoms with Gasteiger partial charge in [0.05, 0.1) is 22.7 Å². The van der Waals surface area contributed by atoms with Crippen LogP contribution in [0.25, 0.3) is 0 Å². The smallest absolute Gasteiger partial charge is 0.410 e. The Labute approximate surface area is 318 Å². The van der Waals surface area contributed by atoms with E-state index in [4.69, 9.17) is 4.74 Å². The van der Waals surface area contributed by atoms with Gasteiger partial charge >= 0.3 is 6.09 Å². The van der Waals surface area contributed by atoms with Gasteiger partial charge in [0.25, 0.3) is 10.0 Å². The third-order valence-electron chi connectivity index (χ3n) is 12.2. The number of imidazole rings is 1. The van der Waals surface area contributed by atoms with E-state index in [2.05, 4.69) is 10.3 Å². The van der Waals surface area contributed by atoms with E-state index < -0.39 is 45.8 Å². The molecule has 11 heteroatoms. The molecular weight excluding hydrogens is 689 g/mol. The van der Waals surface area contributed by atoms with E-state index in [1.54, 1.807) is 45.0 Å². The molecule has 0 saturated heterocycles. The van der Waals surface area contributed by atoms with Crippen LogP contribution in [0.15, 0.2) is 41.7 Å². The topological polar surface area (TPSA) is 131 Å². The van der Waals surface area contributed by atoms with Gasteiger partial charge < -0.3 is 15.2 Å². The number of amides is 2. The molecule has 3 atom stereocenters. The number of nitrogens with zero attached hydrogens (tertiary/aromatic N) is 3. The summed E-state index contributed by atoms with van der Waals surface area (Å²) < 4.78 is 33.6. The first-order valence-electron chi connectivity index (χ1n) is 20.5. The van der Waals surface area contributed by atoms with Crippen molar-refractivity contribution in [2.75, 3.05) is 7.05 Å². The number of hydrogen-bond acceptors (Lipinski definition) is 7. The molecule has 1 aromatic heterocycles. The second-order valence-electron chi connectivity index (χ2n) is 17.4. The number of aryl methyl sites for hydroxylation is 1. The van der Waals surface area contributed by atoms with Gasteiger partial charge in [0.1, 0.15) is 18.0 Å². The highest BCUT2D eigenvalue weighted by atomic mass is 32.2. The summed E-state index contributed by atoms with van der Waals surface area (Å²) in [4.78, 5) is 33.8. The lowest BCUT2D eigenvalue weighted by Gasteiger charge is -2.41. The largest absolute Gasteiger partial charge is 0.444 e. The number of nitrogens with one attached hydrogen (secondary N) is 1. The van der Waals surface area contributed by atoms with Crippen LogP contribution in [-0.2, 0) is 26.0 Å². The number of aromatic nitrogens is 2. The molecule has 0 spiro atoms. The van der Waals surface area contributed by atoms with E-state index in [-0.39, 0.29) is 11.3 Å². The average molecular weight is 755 g/mol. The van der Waals surface area contributed by atoms with Gasteiger partial charge in [-0.15, -0.1) is 0 Å². The summed E-state index contributed by atoms with van der Waals surface area (Å²) in [6.45, 7) is 7.22. The van der Waals surface area contributed by atoms with Crippen molar-refractivity contribution in [3.8, 4) is 0 Å². The Hall–Kier alpha value is -2.92. The van der Waals surface area contributed by atoms with Crippen LogP contribution in [0, 0.1) is 30.6 Å². The lowest BCUT2D eigenvalue weighted by molar-refractivity contribution is -0.128. The molecule has 0 bridgehead atoms. The van der Waals surface area contributed by atoms with Gasteiger partial charge in [-0.05, 0) is 76.3 Å². The van der Waals surface area contributed by atoms with E-state index in [0.29, 0.717) is 42.2 Å². The van der Waals surface area contributed by atoms with Crippen molar-refractivity contribution in [2.45, 2.75) is 172 Å². The fourth-order valence-corrected chi connectivity index (χ4v) is 10.3. The monoisotopic (exact) mass is 754 g/mol. The van der Waals surface area contributed by atoms with Gasteiger partial charge in [-0.3, -0.25) is 9.69 Å². The Bertz CT molecular complexity index is 1550. The lowest BCUT2D eigenvalue weighted by atomic mass is 9.67. The SMILES string of the molecule is Cc1ccc(S(=O)(=O)n2cnc(C[C@@H](C(=O)N[C@@H](CC3CCCCC3)[C@@H](O)CC(C3CCCCC3)C3CCCCC3)N(C)C(=O)OC(C)(C)C)c2)cc1. The highest BCUT2D eigenvalue weighted by Gasteiger charge is 2.38. The van der Waals surface area contributed by atoms with Gasteiger partial charge in [0, 0.05) is 19.7 Å². The molecule has 2 N–H and O–H groups in total. The van der Waals surface area contributed by atoms with Gasteiger partial charge in [-0.1, -0.05) is 114 Å². The third kappa shape index (κ3) is 11.5. The molecule has 0 unspecified atom stereocenters. The van der Waals surface area contributed by atoms with Crippen molar-refractivity contribution in [1.29, 1.82) is 0 Å². The highest BCUT2D eigenvalue weighted by Crippen LogP contribution is 2.43. The van der Waals surface area contributed by atoms with E-state index in [1.807, 2.05) is 6.92 Å². The molecule has 1 heterocycles. The zero-order chi connectivity index (χ0) is 38.2. The van der Waals surface area contributed by atoms with Crippen LogP contribution in [0.4, 0.5) is 4.79 Å². The maximum absolute atomic E-state index is 14.5. The summed E-state index contributed by atoms with van der Waals surface area (Å²) in [5, 5.41) is 15.5. The van der Waals surface area contributed by atoms with Crippen LogP contribution in [0.1, 0.15) is 141 Å². The fourth-order valence-electron chi connectivity index (χ4n) is 9.19. The highest BCUT2D eigenvalue weighted by molar-refractivity contribution is 7.90. The minimum atomic E-state index is -3.91. The fraction of sp³-hybridized carbons (Fsp3) is 0.738. The first-order chi connectivity index (χ1) is 25.2. The summed E-state index contributed by atoms with van der Waals surface area (Å²) in [6.07, 6.45) is 20.8. The summed E-state index contributed by atoms with van der Waals surface area (Å²) in [5.74, 6) is 1.68. The van der Waals surface area contributed by atoms with E-state index in [1.165, 1.54) is 95.1 Å². The molecule has 296 valence electrons. The standard InChI is InChI=1S/C42H66N4O6S/c1-30-21-23-35(24-22-30)53(50,51)46-28-34(43-29-46)26-38(45(5)41(49)52-42(2,3)4)40(48)44-37(25-31-15-9-6-10-16-31)39(47)27-36(32-17-11-7-12-18-32)33-19-13-8-14-20-33/h21-24,28-29,31-33,36-39,47H,6-20,25-27H2,1-5H3,(H,44,48)/t37-,38-,39-/m0/s1. The van der Waals surface area contributed by atoms with Crippen molar-refractivity contribution in [3.63, 3.8) is 0 Å². The van der Waals surface area contributed by atoms with Crippen molar-refractivity contribution in [3.05, 3.63) is 48.0 Å². The molecule has 3 saturated carbocycles. The Balaban J connectivity index is 1.40. The molecule has 53 heavy (non-hydrogen) atoms. The Morgan fingerprint density at radius 2 is 1.47 bits per heavy atom. The molecular formula is C42H66N4O6S. The van der Waals surface area contributed by atoms with E-state index >= 15 is 0 Å². The third-order valence-corrected chi connectivity index (χ3v) is 13.8. The number of rotatable bonds is 14. The molecule has 1 aromatic carbocycles. The number of ether oxygens (including phenoxy) is 1. The second kappa shape index (κ2) is 18.6. The molecule has 2 aromatic rings. The first kappa shape index (κ1) is 41.2. The van der Waals surface area contributed by atoms with Crippen molar-refractivity contribution < 1.29 is 27.9 Å². The summed E-state index contributed by atoms with van der Waals surface area (Å²) in [7, 11) is -2.38. The Morgan fingerprint density at radius 3 is 2.02 bits per heavy atom. The first-order valence-corrected chi connectivity index (χ1v) is 21.9. The Kier molecular flexibility index (Phi) is 14.5. The zero-order valence-electron chi connectivity index (χ0n) is 33.0. The molecule has 0 radical (unpaired) electrons. The summed E-state index contributed by atoms with van der Waals surface area (Å²) >= 11 is 0. The summed E-state index contributed by atoms with van der Waals surface area (Å²) in [5.41, 5.74) is 0.498. The molecule has 3 aliphatic rings. The number of carbonyl (C=O) groups excluding carboxylic acids is 2. The summed E-state index contributed by atoms with van der Waals surface area (Å²) in [6, 6.07) is 5.08. The van der Waals surface area contributed by atoms with Gasteiger partial charge in [0.2, 0.25) is 5.91 Å². The van der Waals surface area contributed by atoms with Crippen LogP contribution in [0.5, 0.6) is 0 Å². The van der Waals surface area contributed by atoms with Gasteiger partial charge in [0.15, 0.2) is 0 Å². The van der Waals surface area contributed by atoms with Crippen LogP contribution in [0.2, 0.25) is 0 Å². The minimum absolute atomic E-state index is 0.0307. The predicted molar refractivity (Wildman–Crippen MR) is 208 cm³/mol. The maximum atomic E-state index is 14.5. The lowest BCUT2D eigenvalue weighted by Crippen LogP contribution is -2.55. The molecule has 3 aliphatic carbocycles. The van der Waals surface area contributed by atoms with Crippen LogP contribution >= 0.6 is 0 Å². The van der Waals surface area contributed by atoms with Crippen LogP contribution < -0.4 is 5.32 Å². The second-order valence-corrected chi connectivity index (χ2v) is 19.3. The van der Waals surface area contributed by atoms with Crippen molar-refractivity contribution in [1.82, 2.24) is 19.2 Å². The molecule has 5 rings (SSSR count). The number of hydrogen-bond donors (Lipinski definition) is 2. The molecule has 3 fully saturated rings. The van der Waals surface area contributed by atoms with E-state index in [0.717, 1.165) is 35.2 Å². The Morgan fingerprint density at radius 1 is 0.925 bits per heavy atom. The predicted octanol–water partition coefficient (Wildman–Crippen LogP) is 8.19. The molecule has 0 aliphatic heterocycles. The van der Waals surface area contributed by atoms with Crippen molar-refractivity contribution in [2.24, 2.45) is 23.7 Å². The normalized spacial score (nSPS) is 20.1. The van der Waals surface area contributed by atoms with E-state index in [9.17, 15) is 23.1 Å². The molecule has 10 nitrogen and oxygen atoms in total. The quantitative estimate of drug-likeness (QED) is 0.199. The van der Waals surface area contributed by atoms with Crippen molar-refractivity contribution >= 4 is 22.0 Å². The number of carbonyl (C=O) groups is 2. The van der Waals surface area contributed by atoms with Crippen LogP contribution in [0.3, 0.4) is 0 Å². The minimum Gasteiger partial charge on any atom is -0.444 e. The van der Waals surface area contributed by atoms with Gasteiger partial charge in [-0.2, -0.15) is 0 Å². The number of aliphatic hydroxyl groups excluding tert-OH is 1. The zero-order valence-corrected chi connectivity index (χ0v) is 33.8. The molecule has 2 amide bonds. The van der Waals surface area contributed by atoms with Gasteiger partial charge in [-0.25, -0.2) is 22.2 Å². The maximum Gasteiger partial charge on any atom is 0.410 e. The average Bonchev–Trinajstić information content (AvgIpc) is 3.62. The van der Waals surface area contributed by atoms with Crippen LogP contribution in [-0.4, -0.2) is 70.2 Å². The number of aliphatic hydroxyl groups is 1. The number of likely N-dealkylation sites (N-methyl/N-ethyl adjacent to an activating group) is 1.